The van der Waals surface area contributed by atoms with Gasteiger partial charge >= 0.3 is 0 Å². The second-order valence-corrected chi connectivity index (χ2v) is 5.99. The Morgan fingerprint density at radius 3 is 2.77 bits per heavy atom. The second kappa shape index (κ2) is 6.10. The highest BCUT2D eigenvalue weighted by Gasteiger charge is 2.24. The van der Waals surface area contributed by atoms with Crippen LogP contribution in [-0.2, 0) is 4.74 Å². The van der Waals surface area contributed by atoms with Crippen molar-refractivity contribution in [2.24, 2.45) is 0 Å². The number of hydrogen-bond donors (Lipinski definition) is 1. The number of aromatic nitrogens is 1. The number of methoxy groups -OCH3 is 1. The van der Waals surface area contributed by atoms with Crippen molar-refractivity contribution in [2.75, 3.05) is 26.7 Å². The minimum absolute atomic E-state index is 0.126. The maximum absolute atomic E-state index is 12.7. The fraction of sp³-hybridized carbons (Fsp3) is 0.471. The Kier molecular flexibility index (Phi) is 4.18. The van der Waals surface area contributed by atoms with Crippen LogP contribution in [0.2, 0.25) is 0 Å². The Balaban J connectivity index is 1.80. The molecule has 1 aliphatic heterocycles. The molecule has 0 spiro atoms. The van der Waals surface area contributed by atoms with Gasteiger partial charge in [0, 0.05) is 35.8 Å². The molecule has 2 aromatic rings. The summed E-state index contributed by atoms with van der Waals surface area (Å²) in [5.41, 5.74) is 1.67. The Bertz CT molecular complexity index is 670. The van der Waals surface area contributed by atoms with Crippen LogP contribution in [0, 0.1) is 0 Å². The molecule has 1 aromatic carbocycles. The molecule has 1 aromatic heterocycles. The van der Waals surface area contributed by atoms with Crippen LogP contribution < -0.4 is 4.74 Å². The van der Waals surface area contributed by atoms with E-state index in [4.69, 9.17) is 9.47 Å². The van der Waals surface area contributed by atoms with Crippen molar-refractivity contribution in [2.45, 2.75) is 26.1 Å². The number of benzene rings is 1. The molecular weight excluding hydrogens is 280 g/mol. The number of ether oxygens (including phenoxy) is 2. The molecule has 0 saturated carbocycles. The Hall–Kier alpha value is -1.85. The quantitative estimate of drug-likeness (QED) is 0.882. The number of hydrogen-bond acceptors (Lipinski definition) is 4. The van der Waals surface area contributed by atoms with Crippen LogP contribution in [0.5, 0.6) is 5.75 Å². The summed E-state index contributed by atoms with van der Waals surface area (Å²) in [5.74, 6) is 0.885. The topological polar surface area (TPSA) is 54.6 Å². The largest absolute Gasteiger partial charge is 0.497 e. The average Bonchev–Trinajstić information content (AvgIpc) is 2.88. The normalized spacial score (nSPS) is 22.9. The van der Waals surface area contributed by atoms with Crippen LogP contribution in [0.3, 0.4) is 0 Å². The van der Waals surface area contributed by atoms with Gasteiger partial charge in [-0.1, -0.05) is 0 Å². The number of nitrogens with one attached hydrogen (secondary N) is 1. The Morgan fingerprint density at radius 1 is 1.36 bits per heavy atom. The minimum atomic E-state index is 0.126. The van der Waals surface area contributed by atoms with Crippen molar-refractivity contribution in [1.82, 2.24) is 9.88 Å². The molecule has 1 aliphatic rings. The summed E-state index contributed by atoms with van der Waals surface area (Å²) in [4.78, 5) is 18.0. The zero-order valence-corrected chi connectivity index (χ0v) is 13.3. The predicted octanol–water partition coefficient (Wildman–Crippen LogP) is 2.47. The smallest absolute Gasteiger partial charge is 0.178 e. The van der Waals surface area contributed by atoms with Crippen molar-refractivity contribution in [1.29, 1.82) is 0 Å². The molecular formula is C17H22N2O3. The molecule has 1 fully saturated rings. The zero-order valence-electron chi connectivity index (χ0n) is 13.3. The maximum Gasteiger partial charge on any atom is 0.178 e. The Morgan fingerprint density at radius 2 is 2.09 bits per heavy atom. The van der Waals surface area contributed by atoms with E-state index in [0.717, 1.165) is 35.3 Å². The van der Waals surface area contributed by atoms with Gasteiger partial charge in [0.15, 0.2) is 5.78 Å². The summed E-state index contributed by atoms with van der Waals surface area (Å²) >= 11 is 0. The summed E-state index contributed by atoms with van der Waals surface area (Å²) in [7, 11) is 1.63. The summed E-state index contributed by atoms with van der Waals surface area (Å²) < 4.78 is 11.0. The standard InChI is InChI=1S/C17H22N2O3/c1-11-8-19(9-12(2)22-11)10-17(20)15-7-18-16-5-4-13(21-3)6-14(15)16/h4-7,11-12,18H,8-10H2,1-3H3. The molecule has 0 radical (unpaired) electrons. The number of H-pyrrole nitrogens is 1. The molecule has 22 heavy (non-hydrogen) atoms. The lowest BCUT2D eigenvalue weighted by Crippen LogP contribution is -2.47. The molecule has 2 heterocycles. The van der Waals surface area contributed by atoms with Gasteiger partial charge in [-0.05, 0) is 32.0 Å². The fourth-order valence-electron chi connectivity index (χ4n) is 3.16. The van der Waals surface area contributed by atoms with E-state index >= 15 is 0 Å². The first-order valence-electron chi connectivity index (χ1n) is 7.63. The van der Waals surface area contributed by atoms with Gasteiger partial charge in [0.2, 0.25) is 0 Å². The van der Waals surface area contributed by atoms with Gasteiger partial charge < -0.3 is 14.5 Å². The minimum Gasteiger partial charge on any atom is -0.497 e. The third-order valence-corrected chi connectivity index (χ3v) is 4.05. The first-order chi connectivity index (χ1) is 10.6. The SMILES string of the molecule is COc1ccc2[nH]cc(C(=O)CN3CC(C)OC(C)C3)c2c1. The van der Waals surface area contributed by atoms with Crippen LogP contribution >= 0.6 is 0 Å². The van der Waals surface area contributed by atoms with Gasteiger partial charge in [-0.25, -0.2) is 0 Å². The number of fused-ring (bicyclic) bond motifs is 1. The van der Waals surface area contributed by atoms with Crippen molar-refractivity contribution in [3.8, 4) is 5.75 Å². The molecule has 1 saturated heterocycles. The molecule has 3 rings (SSSR count). The van der Waals surface area contributed by atoms with E-state index in [-0.39, 0.29) is 18.0 Å². The fourth-order valence-corrected chi connectivity index (χ4v) is 3.16. The van der Waals surface area contributed by atoms with Gasteiger partial charge in [-0.15, -0.1) is 0 Å². The predicted molar refractivity (Wildman–Crippen MR) is 85.6 cm³/mol. The maximum atomic E-state index is 12.7. The zero-order chi connectivity index (χ0) is 15.7. The van der Waals surface area contributed by atoms with Crippen molar-refractivity contribution in [3.63, 3.8) is 0 Å². The monoisotopic (exact) mass is 302 g/mol. The molecule has 0 bridgehead atoms. The van der Waals surface area contributed by atoms with Gasteiger partial charge in [0.25, 0.3) is 0 Å². The first kappa shape index (κ1) is 15.1. The number of rotatable bonds is 4. The molecule has 118 valence electrons. The molecule has 2 atom stereocenters. The van der Waals surface area contributed by atoms with Crippen LogP contribution in [0.4, 0.5) is 0 Å². The van der Waals surface area contributed by atoms with E-state index in [9.17, 15) is 4.79 Å². The molecule has 5 nitrogen and oxygen atoms in total. The summed E-state index contributed by atoms with van der Waals surface area (Å²) in [6.45, 7) is 6.10. The molecule has 0 aliphatic carbocycles. The first-order valence-corrected chi connectivity index (χ1v) is 7.63. The molecule has 5 heteroatoms. The highest BCUT2D eigenvalue weighted by atomic mass is 16.5. The van der Waals surface area contributed by atoms with E-state index in [0.29, 0.717) is 6.54 Å². The van der Waals surface area contributed by atoms with Crippen molar-refractivity contribution in [3.05, 3.63) is 30.0 Å². The van der Waals surface area contributed by atoms with Gasteiger partial charge in [0.05, 0.1) is 25.9 Å². The summed E-state index contributed by atoms with van der Waals surface area (Å²) in [6, 6.07) is 5.73. The number of carbonyl (C=O) groups excluding carboxylic acids is 1. The van der Waals surface area contributed by atoms with E-state index in [1.54, 1.807) is 13.3 Å². The lowest BCUT2D eigenvalue weighted by Gasteiger charge is -2.34. The van der Waals surface area contributed by atoms with Gasteiger partial charge in [-0.2, -0.15) is 0 Å². The number of ketones is 1. The number of nitrogens with zero attached hydrogens (tertiary/aromatic N) is 1. The highest BCUT2D eigenvalue weighted by molar-refractivity contribution is 6.09. The highest BCUT2D eigenvalue weighted by Crippen LogP contribution is 2.24. The third-order valence-electron chi connectivity index (χ3n) is 4.05. The van der Waals surface area contributed by atoms with Crippen molar-refractivity contribution < 1.29 is 14.3 Å². The summed E-state index contributed by atoms with van der Waals surface area (Å²) in [5, 5.41) is 0.915. The van der Waals surface area contributed by atoms with E-state index in [1.165, 1.54) is 0 Å². The summed E-state index contributed by atoms with van der Waals surface area (Å²) in [6.07, 6.45) is 2.12. The third kappa shape index (κ3) is 3.00. The number of Topliss-reactive ketones (excluding diaryl/α,β-unsaturated/α-hetero) is 1. The van der Waals surface area contributed by atoms with Crippen LogP contribution in [0.1, 0.15) is 24.2 Å². The number of carbonyl (C=O) groups is 1. The van der Waals surface area contributed by atoms with E-state index in [1.807, 2.05) is 32.0 Å². The lowest BCUT2D eigenvalue weighted by molar-refractivity contribution is -0.0652. The van der Waals surface area contributed by atoms with Gasteiger partial charge in [-0.3, -0.25) is 9.69 Å². The van der Waals surface area contributed by atoms with Crippen LogP contribution in [0.15, 0.2) is 24.4 Å². The van der Waals surface area contributed by atoms with E-state index in [2.05, 4.69) is 9.88 Å². The average molecular weight is 302 g/mol. The van der Waals surface area contributed by atoms with Crippen molar-refractivity contribution >= 4 is 16.7 Å². The van der Waals surface area contributed by atoms with Gasteiger partial charge in [0.1, 0.15) is 5.75 Å². The second-order valence-electron chi connectivity index (χ2n) is 5.99. The molecule has 1 N–H and O–H groups in total. The molecule has 0 amide bonds. The lowest BCUT2D eigenvalue weighted by atomic mass is 10.1. The number of aromatic amines is 1. The number of morpholine rings is 1. The van der Waals surface area contributed by atoms with Crippen LogP contribution in [0.25, 0.3) is 10.9 Å². The van der Waals surface area contributed by atoms with E-state index < -0.39 is 0 Å². The van der Waals surface area contributed by atoms with Crippen LogP contribution in [-0.4, -0.2) is 54.6 Å². The Labute approximate surface area is 130 Å². The molecule has 2 unspecified atom stereocenters.